The number of carbonyl (C=O) groups excluding carboxylic acids is 1. The predicted molar refractivity (Wildman–Crippen MR) is 212 cm³/mol. The Hall–Kier alpha value is -2.46. The van der Waals surface area contributed by atoms with Crippen LogP contribution in [0.1, 0.15) is 125 Å². The molecule has 5 heteroatoms. The fourth-order valence-corrected chi connectivity index (χ4v) is 7.88. The summed E-state index contributed by atoms with van der Waals surface area (Å²) < 4.78 is 0. The number of rotatable bonds is 9. The van der Waals surface area contributed by atoms with Gasteiger partial charge >= 0.3 is 0 Å². The molecule has 1 aliphatic heterocycles. The monoisotopic (exact) mass is 871 g/mol. The van der Waals surface area contributed by atoms with Crippen molar-refractivity contribution in [1.29, 1.82) is 0 Å². The summed E-state index contributed by atoms with van der Waals surface area (Å²) in [4.78, 5) is 19.8. The molecule has 0 fully saturated rings. The minimum Gasteiger partial charge on any atom is -0.512 e. The molecule has 50 heavy (non-hydrogen) atoms. The fraction of sp³-hybridized carbons (Fsp3) is 0.511. The maximum atomic E-state index is 12.2. The van der Waals surface area contributed by atoms with E-state index in [4.69, 9.17) is 4.98 Å². The molecular formula is C45H60IrNO2S-. The van der Waals surface area contributed by atoms with Crippen molar-refractivity contribution >= 4 is 39.1 Å². The second-order valence-electron chi connectivity index (χ2n) is 17.2. The molecule has 4 aromatic rings. The zero-order chi connectivity index (χ0) is 36.5. The number of benzene rings is 3. The van der Waals surface area contributed by atoms with E-state index in [9.17, 15) is 9.90 Å². The van der Waals surface area contributed by atoms with Crippen molar-refractivity contribution in [3.05, 3.63) is 77.2 Å². The molecule has 1 N–H and O–H groups in total. The first-order valence-electron chi connectivity index (χ1n) is 18.3. The van der Waals surface area contributed by atoms with Gasteiger partial charge in [-0.15, -0.1) is 29.3 Å². The molecule has 3 nitrogen and oxygen atoms in total. The summed E-state index contributed by atoms with van der Waals surface area (Å²) in [5.41, 5.74) is 6.26. The summed E-state index contributed by atoms with van der Waals surface area (Å²) >= 11 is 1.93. The van der Waals surface area contributed by atoms with Gasteiger partial charge in [0.05, 0.1) is 0 Å². The molecule has 2 heterocycles. The smallest absolute Gasteiger partial charge is 0.164 e. The first kappa shape index (κ1) is 42.0. The van der Waals surface area contributed by atoms with E-state index < -0.39 is 0 Å². The number of nitrogens with zero attached hydrogens (tertiary/aromatic N) is 1. The maximum absolute atomic E-state index is 12.2. The molecule has 1 aromatic heterocycles. The molecule has 273 valence electrons. The second kappa shape index (κ2) is 16.1. The number of allylic oxidation sites excluding steroid dienone is 2. The van der Waals surface area contributed by atoms with Gasteiger partial charge in [0.25, 0.3) is 0 Å². The van der Waals surface area contributed by atoms with Crippen LogP contribution in [-0.2, 0) is 37.7 Å². The Labute approximate surface area is 320 Å². The summed E-state index contributed by atoms with van der Waals surface area (Å²) in [7, 11) is 0. The van der Waals surface area contributed by atoms with E-state index in [0.717, 1.165) is 44.2 Å². The molecule has 0 aliphatic carbocycles. The van der Waals surface area contributed by atoms with Crippen LogP contribution in [-0.4, -0.2) is 15.9 Å². The molecule has 1 radical (unpaired) electrons. The van der Waals surface area contributed by atoms with E-state index in [1.165, 1.54) is 59.7 Å². The number of aromatic nitrogens is 1. The van der Waals surface area contributed by atoms with Crippen molar-refractivity contribution in [2.75, 3.05) is 0 Å². The van der Waals surface area contributed by atoms with Crippen LogP contribution in [0.3, 0.4) is 0 Å². The number of aliphatic hydroxyl groups is 1. The van der Waals surface area contributed by atoms with Gasteiger partial charge in [-0.1, -0.05) is 123 Å². The summed E-state index contributed by atoms with van der Waals surface area (Å²) in [6, 6.07) is 17.5. The second-order valence-corrected chi connectivity index (χ2v) is 18.3. The normalized spacial score (nSPS) is 13.4. The van der Waals surface area contributed by atoms with Gasteiger partial charge < -0.3 is 5.11 Å². The first-order chi connectivity index (χ1) is 22.8. The number of aryl methyl sites for hydroxylation is 1. The van der Waals surface area contributed by atoms with Gasteiger partial charge in [0.15, 0.2) is 5.78 Å². The van der Waals surface area contributed by atoms with Gasteiger partial charge in [0, 0.05) is 53.8 Å². The van der Waals surface area contributed by atoms with Gasteiger partial charge in [0.2, 0.25) is 0 Å². The average Bonchev–Trinajstić information content (AvgIpc) is 3.03. The third kappa shape index (κ3) is 9.30. The Morgan fingerprint density at radius 3 is 2.00 bits per heavy atom. The van der Waals surface area contributed by atoms with E-state index in [1.807, 2.05) is 59.5 Å². The molecule has 0 bridgehead atoms. The minimum atomic E-state index is -0.337. The number of pyridine rings is 1. The first-order valence-corrected chi connectivity index (χ1v) is 19.1. The maximum Gasteiger partial charge on any atom is 0.164 e. The zero-order valence-corrected chi connectivity index (χ0v) is 36.1. The number of fused-ring (bicyclic) bond motifs is 3. The van der Waals surface area contributed by atoms with Crippen LogP contribution in [0.4, 0.5) is 0 Å². The van der Waals surface area contributed by atoms with E-state index in [0.29, 0.717) is 0 Å². The SMILES string of the molecule is CCC(C)(CC)C(=O)/C=C(\O)C(C)(CC)CC.Cc1ccc2[c-]c3c(c(CC(C)(C)C)c2c1)Sc1cc(CC(C)(C)C)cc2ccnc-3c12.[Ir]. The third-order valence-corrected chi connectivity index (χ3v) is 11.8. The predicted octanol–water partition coefficient (Wildman–Crippen LogP) is 13.5. The Balaban J connectivity index is 0.000000323. The van der Waals surface area contributed by atoms with Crippen LogP contribution in [0.5, 0.6) is 0 Å². The van der Waals surface area contributed by atoms with Crippen LogP contribution >= 0.6 is 11.8 Å². The van der Waals surface area contributed by atoms with Crippen molar-refractivity contribution in [3.63, 3.8) is 0 Å². The molecule has 0 unspecified atom stereocenters. The van der Waals surface area contributed by atoms with Crippen molar-refractivity contribution in [2.45, 2.75) is 138 Å². The van der Waals surface area contributed by atoms with E-state index in [1.54, 1.807) is 0 Å². The van der Waals surface area contributed by atoms with Gasteiger partial charge in [-0.25, -0.2) is 0 Å². The van der Waals surface area contributed by atoms with E-state index in [2.05, 4.69) is 90.9 Å². The van der Waals surface area contributed by atoms with Crippen LogP contribution in [0.2, 0.25) is 0 Å². The number of ketones is 1. The summed E-state index contributed by atoms with van der Waals surface area (Å²) in [5.74, 6) is 0.286. The quantitative estimate of drug-likeness (QED) is 0.0911. The van der Waals surface area contributed by atoms with E-state index >= 15 is 0 Å². The van der Waals surface area contributed by atoms with Crippen molar-refractivity contribution in [3.8, 4) is 11.3 Å². The number of carbonyl (C=O) groups is 1. The van der Waals surface area contributed by atoms with Crippen molar-refractivity contribution in [2.24, 2.45) is 21.7 Å². The molecule has 0 atom stereocenters. The van der Waals surface area contributed by atoms with Crippen LogP contribution < -0.4 is 0 Å². The van der Waals surface area contributed by atoms with Crippen LogP contribution in [0, 0.1) is 34.7 Å². The topological polar surface area (TPSA) is 50.2 Å². The number of hydrogen-bond donors (Lipinski definition) is 1. The Kier molecular flexibility index (Phi) is 13.5. The molecule has 0 saturated heterocycles. The number of hydrogen-bond acceptors (Lipinski definition) is 4. The van der Waals surface area contributed by atoms with Crippen LogP contribution in [0.15, 0.2) is 64.2 Å². The third-order valence-electron chi connectivity index (χ3n) is 10.6. The molecule has 1 aliphatic rings. The molecular weight excluding hydrogens is 811 g/mol. The summed E-state index contributed by atoms with van der Waals surface area (Å²) in [6.45, 7) is 28.2. The summed E-state index contributed by atoms with van der Waals surface area (Å²) in [6.07, 6.45) is 8.83. The van der Waals surface area contributed by atoms with Gasteiger partial charge in [-0.05, 0) is 89.6 Å². The summed E-state index contributed by atoms with van der Waals surface area (Å²) in [5, 5.41) is 15.2. The number of aliphatic hydroxyl groups excluding tert-OH is 1. The minimum absolute atomic E-state index is 0. The van der Waals surface area contributed by atoms with Gasteiger partial charge in [-0.3, -0.25) is 9.78 Å². The van der Waals surface area contributed by atoms with Crippen molar-refractivity contribution < 1.29 is 30.0 Å². The Morgan fingerprint density at radius 1 is 0.840 bits per heavy atom. The molecule has 0 amide bonds. The van der Waals surface area contributed by atoms with Crippen molar-refractivity contribution in [1.82, 2.24) is 4.98 Å². The molecule has 0 spiro atoms. The fourth-order valence-electron chi connectivity index (χ4n) is 6.58. The molecule has 5 rings (SSSR count). The average molecular weight is 871 g/mol. The van der Waals surface area contributed by atoms with Gasteiger partial charge in [-0.2, -0.15) is 0 Å². The Bertz CT molecular complexity index is 1870. The van der Waals surface area contributed by atoms with Crippen LogP contribution in [0.25, 0.3) is 32.8 Å². The van der Waals surface area contributed by atoms with E-state index in [-0.39, 0.29) is 53.3 Å². The standard InChI is InChI=1S/C30H32NS.C15H28O2.Ir/c1-18-8-9-20-15-23-27-26-21(10-11-31-27)13-19(16-29(2,3)4)14-25(26)32-28(23)24(22(20)12-18)17-30(5,6)7;1-7-14(5,8-2)12(16)11-13(17)15(6,9-3)10-4;/h8-14H,16-17H2,1-7H3;11,16H,7-10H2,1-6H3;/q-1;;/b;12-11-;. The molecule has 0 saturated carbocycles. The van der Waals surface area contributed by atoms with Gasteiger partial charge in [0.1, 0.15) is 5.76 Å². The molecule has 3 aromatic carbocycles. The largest absolute Gasteiger partial charge is 0.512 e. The zero-order valence-electron chi connectivity index (χ0n) is 32.9. The Morgan fingerprint density at radius 2 is 1.44 bits per heavy atom.